The number of nitrogens with two attached hydrogens (primary N) is 1. The molecule has 135 valence electrons. The molecule has 0 unspecified atom stereocenters. The van der Waals surface area contributed by atoms with Gasteiger partial charge in [0.05, 0.1) is 17.6 Å². The highest BCUT2D eigenvalue weighted by Gasteiger charge is 2.19. The van der Waals surface area contributed by atoms with Crippen molar-refractivity contribution in [2.75, 3.05) is 0 Å². The van der Waals surface area contributed by atoms with Gasteiger partial charge in [0.1, 0.15) is 11.6 Å². The lowest BCUT2D eigenvalue weighted by Crippen LogP contribution is -2.11. The molecule has 0 atom stereocenters. The number of carbonyl (C=O) groups is 1. The van der Waals surface area contributed by atoms with E-state index in [9.17, 15) is 22.4 Å². The van der Waals surface area contributed by atoms with Gasteiger partial charge in [-0.1, -0.05) is 6.07 Å². The molecule has 1 amide bonds. The predicted octanol–water partition coefficient (Wildman–Crippen LogP) is 4.30. The summed E-state index contributed by atoms with van der Waals surface area (Å²) in [4.78, 5) is 11.8. The lowest BCUT2D eigenvalue weighted by Gasteiger charge is -2.10. The van der Waals surface area contributed by atoms with Crippen LogP contribution in [0.2, 0.25) is 0 Å². The van der Waals surface area contributed by atoms with Crippen molar-refractivity contribution in [3.8, 4) is 0 Å². The molecule has 2 N–H and O–H groups in total. The molecule has 0 aliphatic carbocycles. The molecule has 4 rings (SSSR count). The fourth-order valence-corrected chi connectivity index (χ4v) is 3.30. The third kappa shape index (κ3) is 2.71. The number of carbonyl (C=O) groups excluding carboxylic acids is 1. The molecule has 3 aromatic carbocycles. The summed E-state index contributed by atoms with van der Waals surface area (Å²) in [6, 6.07) is 11.1. The molecule has 0 saturated heterocycles. The van der Waals surface area contributed by atoms with Gasteiger partial charge in [-0.3, -0.25) is 4.79 Å². The van der Waals surface area contributed by atoms with Gasteiger partial charge in [-0.15, -0.1) is 0 Å². The van der Waals surface area contributed by atoms with E-state index in [4.69, 9.17) is 5.73 Å². The minimum absolute atomic E-state index is 0.185. The van der Waals surface area contributed by atoms with E-state index in [2.05, 4.69) is 6.07 Å². The molecule has 0 saturated carbocycles. The van der Waals surface area contributed by atoms with Gasteiger partial charge >= 0.3 is 0 Å². The third-order valence-corrected chi connectivity index (χ3v) is 4.42. The van der Waals surface area contributed by atoms with Crippen LogP contribution in [0, 0.1) is 29.3 Å². The van der Waals surface area contributed by atoms with Crippen molar-refractivity contribution in [2.24, 2.45) is 5.73 Å². The maximum absolute atomic E-state index is 14.1. The predicted molar refractivity (Wildman–Crippen MR) is 92.2 cm³/mol. The van der Waals surface area contributed by atoms with Gasteiger partial charge in [-0.2, -0.15) is 0 Å². The molecule has 1 radical (unpaired) electrons. The molecule has 0 fully saturated rings. The monoisotopic (exact) mass is 371 g/mol. The zero-order valence-electron chi connectivity index (χ0n) is 13.7. The number of benzene rings is 3. The maximum Gasteiger partial charge on any atom is 0.249 e. The largest absolute Gasteiger partial charge is 0.366 e. The van der Waals surface area contributed by atoms with Gasteiger partial charge in [0.2, 0.25) is 5.91 Å². The van der Waals surface area contributed by atoms with Crippen LogP contribution in [-0.2, 0) is 6.54 Å². The Hall–Kier alpha value is -3.35. The first-order valence-corrected chi connectivity index (χ1v) is 7.92. The first-order valence-electron chi connectivity index (χ1n) is 7.92. The van der Waals surface area contributed by atoms with E-state index < -0.39 is 29.2 Å². The summed E-state index contributed by atoms with van der Waals surface area (Å²) >= 11 is 0. The Bertz CT molecular complexity index is 1230. The van der Waals surface area contributed by atoms with Crippen molar-refractivity contribution < 1.29 is 22.4 Å². The van der Waals surface area contributed by atoms with Gasteiger partial charge in [0.15, 0.2) is 11.6 Å². The minimum Gasteiger partial charge on any atom is -0.366 e. The summed E-state index contributed by atoms with van der Waals surface area (Å²) < 4.78 is 56.6. The maximum atomic E-state index is 14.1. The topological polar surface area (TPSA) is 48.0 Å². The van der Waals surface area contributed by atoms with E-state index in [0.717, 1.165) is 12.1 Å². The fraction of sp³-hybridized carbons (Fsp3) is 0.0500. The Labute approximate surface area is 150 Å². The Morgan fingerprint density at radius 3 is 2.56 bits per heavy atom. The van der Waals surface area contributed by atoms with E-state index in [0.29, 0.717) is 27.9 Å². The molecule has 27 heavy (non-hydrogen) atoms. The highest BCUT2D eigenvalue weighted by Crippen LogP contribution is 2.33. The average molecular weight is 371 g/mol. The van der Waals surface area contributed by atoms with Crippen LogP contribution >= 0.6 is 0 Å². The van der Waals surface area contributed by atoms with E-state index in [-0.39, 0.29) is 17.7 Å². The number of hydrogen-bond acceptors (Lipinski definition) is 1. The van der Waals surface area contributed by atoms with E-state index >= 15 is 0 Å². The van der Waals surface area contributed by atoms with Crippen LogP contribution in [-0.4, -0.2) is 10.5 Å². The van der Waals surface area contributed by atoms with Crippen LogP contribution in [0.15, 0.2) is 42.5 Å². The number of fused-ring (bicyclic) bond motifs is 3. The molecule has 0 spiro atoms. The molecule has 4 aromatic rings. The Morgan fingerprint density at radius 1 is 1.04 bits per heavy atom. The number of amides is 1. The molecule has 1 heterocycles. The highest BCUT2D eigenvalue weighted by atomic mass is 19.2. The summed E-state index contributed by atoms with van der Waals surface area (Å²) in [5, 5.41) is 0.815. The number of halogens is 4. The van der Waals surface area contributed by atoms with Crippen molar-refractivity contribution in [3.63, 3.8) is 0 Å². The van der Waals surface area contributed by atoms with Crippen molar-refractivity contribution in [1.82, 2.24) is 4.57 Å². The minimum atomic E-state index is -1.32. The normalized spacial score (nSPS) is 11.4. The van der Waals surface area contributed by atoms with Crippen LogP contribution in [0.3, 0.4) is 0 Å². The zero-order valence-corrected chi connectivity index (χ0v) is 13.7. The number of hydrogen-bond donors (Lipinski definition) is 1. The molecule has 0 bridgehead atoms. The molecule has 1 aromatic heterocycles. The molecule has 3 nitrogen and oxygen atoms in total. The van der Waals surface area contributed by atoms with Crippen LogP contribution in [0.4, 0.5) is 17.6 Å². The molecular formula is C20H11F4N2O. The second-order valence-electron chi connectivity index (χ2n) is 6.09. The summed E-state index contributed by atoms with van der Waals surface area (Å²) in [6.45, 7) is -0.278. The van der Waals surface area contributed by atoms with Crippen molar-refractivity contribution in [3.05, 3.63) is 82.9 Å². The number of rotatable bonds is 3. The van der Waals surface area contributed by atoms with Crippen LogP contribution < -0.4 is 5.73 Å². The van der Waals surface area contributed by atoms with Crippen LogP contribution in [0.25, 0.3) is 21.8 Å². The average Bonchev–Trinajstić information content (AvgIpc) is 2.92. The van der Waals surface area contributed by atoms with Crippen LogP contribution in [0.5, 0.6) is 0 Å². The third-order valence-electron chi connectivity index (χ3n) is 4.42. The van der Waals surface area contributed by atoms with Gasteiger partial charge in [-0.25, -0.2) is 17.6 Å². The molecule has 0 aliphatic heterocycles. The van der Waals surface area contributed by atoms with E-state index in [1.54, 1.807) is 12.1 Å². The summed E-state index contributed by atoms with van der Waals surface area (Å²) in [6.07, 6.45) is 0. The lowest BCUT2D eigenvalue weighted by molar-refractivity contribution is 0.100. The summed E-state index contributed by atoms with van der Waals surface area (Å²) in [5.74, 6) is -4.74. The second-order valence-corrected chi connectivity index (χ2v) is 6.09. The Balaban J connectivity index is 2.06. The first-order chi connectivity index (χ1) is 12.9. The zero-order chi connectivity index (χ0) is 19.3. The number of nitrogens with zero attached hydrogens (tertiary/aromatic N) is 1. The fourth-order valence-electron chi connectivity index (χ4n) is 3.30. The number of primary amides is 1. The van der Waals surface area contributed by atoms with Gasteiger partial charge in [0.25, 0.3) is 0 Å². The lowest BCUT2D eigenvalue weighted by atomic mass is 10.1. The highest BCUT2D eigenvalue weighted by molar-refractivity contribution is 6.17. The van der Waals surface area contributed by atoms with E-state index in [1.807, 2.05) is 0 Å². The van der Waals surface area contributed by atoms with Crippen molar-refractivity contribution in [2.45, 2.75) is 6.54 Å². The van der Waals surface area contributed by atoms with Gasteiger partial charge < -0.3 is 10.3 Å². The van der Waals surface area contributed by atoms with Gasteiger partial charge in [0, 0.05) is 28.0 Å². The Morgan fingerprint density at radius 2 is 1.81 bits per heavy atom. The smallest absolute Gasteiger partial charge is 0.249 e. The van der Waals surface area contributed by atoms with E-state index in [1.165, 1.54) is 16.7 Å². The first kappa shape index (κ1) is 17.1. The molecule has 7 heteroatoms. The molecule has 0 aliphatic rings. The van der Waals surface area contributed by atoms with Crippen LogP contribution in [0.1, 0.15) is 15.9 Å². The van der Waals surface area contributed by atoms with Gasteiger partial charge in [-0.05, 0) is 36.4 Å². The van der Waals surface area contributed by atoms with Crippen molar-refractivity contribution in [1.29, 1.82) is 0 Å². The summed E-state index contributed by atoms with van der Waals surface area (Å²) in [5.41, 5.74) is 6.10. The SMILES string of the molecule is NC(=O)c1cccc2c1c1[c]cc(F)cc1n2Cc1cc(F)cc(F)c1F. The van der Waals surface area contributed by atoms with Crippen molar-refractivity contribution >= 4 is 27.7 Å². The number of aromatic nitrogens is 1. The molecular weight excluding hydrogens is 360 g/mol. The second kappa shape index (κ2) is 6.12. The Kier molecular flexibility index (Phi) is 3.87. The summed E-state index contributed by atoms with van der Waals surface area (Å²) in [7, 11) is 0. The quantitative estimate of drug-likeness (QED) is 0.424. The standard InChI is InChI=1S/C20H11F4N2O/c21-11-4-5-13-17(8-11)26(9-10-6-12(22)7-15(23)19(10)24)16-3-1-2-14(18(13)16)20(25)27/h1-4,6-8H,9H2,(H2,25,27).